The van der Waals surface area contributed by atoms with Gasteiger partial charge in [0.15, 0.2) is 0 Å². The van der Waals surface area contributed by atoms with Gasteiger partial charge in [-0.05, 0) is 5.56 Å². The van der Waals surface area contributed by atoms with Crippen LogP contribution in [0.25, 0.3) is 0 Å². The van der Waals surface area contributed by atoms with Crippen molar-refractivity contribution in [2.45, 2.75) is 6.42 Å². The van der Waals surface area contributed by atoms with E-state index >= 15 is 0 Å². The lowest BCUT2D eigenvalue weighted by Crippen LogP contribution is -2.38. The average Bonchev–Trinajstić information content (AvgIpc) is 2.53. The lowest BCUT2D eigenvalue weighted by atomic mass is 10.2. The van der Waals surface area contributed by atoms with E-state index in [-0.39, 0.29) is 5.97 Å². The molecule has 0 unspecified atom stereocenters. The second-order valence-electron chi connectivity index (χ2n) is 4.95. The quantitative estimate of drug-likeness (QED) is 0.531. The molecule has 0 atom stereocenters. The van der Waals surface area contributed by atoms with E-state index in [1.165, 1.54) is 0 Å². The van der Waals surface area contributed by atoms with Gasteiger partial charge in [0, 0.05) is 19.6 Å². The van der Waals surface area contributed by atoms with Crippen molar-refractivity contribution >= 4 is 5.97 Å². The summed E-state index contributed by atoms with van der Waals surface area (Å²) in [6.07, 6.45) is 0.314. The van der Waals surface area contributed by atoms with Gasteiger partial charge in [-0.1, -0.05) is 30.3 Å². The fourth-order valence-electron chi connectivity index (χ4n) is 2.15. The smallest absolute Gasteiger partial charge is 0.310 e. The molecule has 1 heterocycles. The van der Waals surface area contributed by atoms with Crippen LogP contribution in [0, 0.1) is 0 Å². The summed E-state index contributed by atoms with van der Waals surface area (Å²) in [7, 11) is 0. The number of hydrogen-bond acceptors (Lipinski definition) is 5. The number of ether oxygens (including phenoxy) is 3. The molecule has 0 amide bonds. The van der Waals surface area contributed by atoms with Crippen LogP contribution in [0.15, 0.2) is 30.3 Å². The molecule has 1 aliphatic heterocycles. The summed E-state index contributed by atoms with van der Waals surface area (Å²) in [6.45, 7) is 5.87. The lowest BCUT2D eigenvalue weighted by Gasteiger charge is -2.26. The zero-order valence-corrected chi connectivity index (χ0v) is 12.3. The number of nitrogens with zero attached hydrogens (tertiary/aromatic N) is 1. The highest BCUT2D eigenvalue weighted by atomic mass is 16.6. The van der Waals surface area contributed by atoms with Crippen LogP contribution in [-0.4, -0.2) is 63.5 Å². The molecule has 2 rings (SSSR count). The first kappa shape index (κ1) is 15.9. The molecule has 5 heteroatoms. The Morgan fingerprint density at radius 3 is 2.62 bits per heavy atom. The number of esters is 1. The van der Waals surface area contributed by atoms with Crippen molar-refractivity contribution in [3.63, 3.8) is 0 Å². The van der Waals surface area contributed by atoms with Crippen LogP contribution >= 0.6 is 0 Å². The largest absolute Gasteiger partial charge is 0.463 e. The zero-order valence-electron chi connectivity index (χ0n) is 12.3. The summed E-state index contributed by atoms with van der Waals surface area (Å²) >= 11 is 0. The molecule has 0 aliphatic carbocycles. The third-order valence-electron chi connectivity index (χ3n) is 3.34. The van der Waals surface area contributed by atoms with E-state index in [4.69, 9.17) is 14.2 Å². The van der Waals surface area contributed by atoms with E-state index in [0.29, 0.717) is 26.2 Å². The van der Waals surface area contributed by atoms with Gasteiger partial charge in [-0.2, -0.15) is 0 Å². The van der Waals surface area contributed by atoms with E-state index in [2.05, 4.69) is 4.90 Å². The predicted molar refractivity (Wildman–Crippen MR) is 79.2 cm³/mol. The Bertz CT molecular complexity index is 404. The molecule has 0 N–H and O–H groups in total. The highest BCUT2D eigenvalue weighted by Gasteiger charge is 2.09. The van der Waals surface area contributed by atoms with Gasteiger partial charge < -0.3 is 14.2 Å². The van der Waals surface area contributed by atoms with Gasteiger partial charge in [-0.3, -0.25) is 9.69 Å². The summed E-state index contributed by atoms with van der Waals surface area (Å²) in [6, 6.07) is 9.59. The van der Waals surface area contributed by atoms with Crippen LogP contribution in [0.4, 0.5) is 0 Å². The SMILES string of the molecule is O=C(Cc1ccccc1)OCCOCCN1CCOCC1. The van der Waals surface area contributed by atoms with Crippen LogP contribution in [-0.2, 0) is 25.4 Å². The zero-order chi connectivity index (χ0) is 14.8. The minimum absolute atomic E-state index is 0.210. The van der Waals surface area contributed by atoms with Gasteiger partial charge in [0.2, 0.25) is 0 Å². The number of carbonyl (C=O) groups is 1. The molecule has 1 aromatic carbocycles. The van der Waals surface area contributed by atoms with E-state index in [1.54, 1.807) is 0 Å². The Balaban J connectivity index is 1.46. The van der Waals surface area contributed by atoms with Crippen LogP contribution in [0.1, 0.15) is 5.56 Å². The highest BCUT2D eigenvalue weighted by Crippen LogP contribution is 2.00. The molecule has 0 radical (unpaired) electrons. The Morgan fingerprint density at radius 1 is 1.10 bits per heavy atom. The van der Waals surface area contributed by atoms with Gasteiger partial charge in [0.05, 0.1) is 32.8 Å². The molecule has 5 nitrogen and oxygen atoms in total. The number of benzene rings is 1. The third-order valence-corrected chi connectivity index (χ3v) is 3.34. The first-order valence-corrected chi connectivity index (χ1v) is 7.42. The molecule has 116 valence electrons. The second-order valence-corrected chi connectivity index (χ2v) is 4.95. The molecule has 1 fully saturated rings. The summed E-state index contributed by atoms with van der Waals surface area (Å²) in [5.74, 6) is -0.210. The molecule has 1 aromatic rings. The van der Waals surface area contributed by atoms with Gasteiger partial charge in [-0.15, -0.1) is 0 Å². The topological polar surface area (TPSA) is 48.0 Å². The fourth-order valence-corrected chi connectivity index (χ4v) is 2.15. The van der Waals surface area contributed by atoms with Crippen molar-refractivity contribution in [2.75, 3.05) is 52.7 Å². The first-order valence-electron chi connectivity index (χ1n) is 7.42. The van der Waals surface area contributed by atoms with Crippen molar-refractivity contribution in [1.82, 2.24) is 4.90 Å². The maximum absolute atomic E-state index is 11.6. The van der Waals surface area contributed by atoms with E-state index in [1.807, 2.05) is 30.3 Å². The minimum atomic E-state index is -0.210. The molecule has 0 spiro atoms. The number of hydrogen-bond donors (Lipinski definition) is 0. The Labute approximate surface area is 125 Å². The van der Waals surface area contributed by atoms with Crippen molar-refractivity contribution < 1.29 is 19.0 Å². The highest BCUT2D eigenvalue weighted by molar-refractivity contribution is 5.72. The summed E-state index contributed by atoms with van der Waals surface area (Å²) in [4.78, 5) is 13.9. The first-order chi connectivity index (χ1) is 10.3. The van der Waals surface area contributed by atoms with Crippen molar-refractivity contribution in [2.24, 2.45) is 0 Å². The van der Waals surface area contributed by atoms with E-state index < -0.39 is 0 Å². The third kappa shape index (κ3) is 6.71. The second kappa shape index (κ2) is 9.50. The van der Waals surface area contributed by atoms with Crippen LogP contribution in [0.5, 0.6) is 0 Å². The maximum Gasteiger partial charge on any atom is 0.310 e. The van der Waals surface area contributed by atoms with Gasteiger partial charge in [0.25, 0.3) is 0 Å². The van der Waals surface area contributed by atoms with E-state index in [9.17, 15) is 4.79 Å². The minimum Gasteiger partial charge on any atom is -0.463 e. The Kier molecular flexibility index (Phi) is 7.21. The molecule has 1 saturated heterocycles. The molecular weight excluding hydrogens is 270 g/mol. The van der Waals surface area contributed by atoms with Crippen LogP contribution in [0.3, 0.4) is 0 Å². The number of carbonyl (C=O) groups excluding carboxylic acids is 1. The molecular formula is C16H23NO4. The van der Waals surface area contributed by atoms with Gasteiger partial charge in [-0.25, -0.2) is 0 Å². The molecule has 21 heavy (non-hydrogen) atoms. The standard InChI is InChI=1S/C16H23NO4/c18-16(14-15-4-2-1-3-5-15)21-13-12-20-11-8-17-6-9-19-10-7-17/h1-5H,6-14H2. The average molecular weight is 293 g/mol. The predicted octanol–water partition coefficient (Wildman–Crippen LogP) is 1.12. The van der Waals surface area contributed by atoms with Gasteiger partial charge >= 0.3 is 5.97 Å². The molecule has 0 bridgehead atoms. The summed E-state index contributed by atoms with van der Waals surface area (Å²) in [5.41, 5.74) is 0.968. The van der Waals surface area contributed by atoms with Crippen molar-refractivity contribution in [3.05, 3.63) is 35.9 Å². The fraction of sp³-hybridized carbons (Fsp3) is 0.562. The monoisotopic (exact) mass is 293 g/mol. The molecule has 0 saturated carbocycles. The molecule has 0 aromatic heterocycles. The number of rotatable bonds is 8. The van der Waals surface area contributed by atoms with Crippen molar-refractivity contribution in [1.29, 1.82) is 0 Å². The van der Waals surface area contributed by atoms with Gasteiger partial charge in [0.1, 0.15) is 6.61 Å². The lowest BCUT2D eigenvalue weighted by molar-refractivity contribution is -0.144. The van der Waals surface area contributed by atoms with Crippen LogP contribution in [0.2, 0.25) is 0 Å². The van der Waals surface area contributed by atoms with Crippen molar-refractivity contribution in [3.8, 4) is 0 Å². The summed E-state index contributed by atoms with van der Waals surface area (Å²) < 4.78 is 15.9. The Morgan fingerprint density at radius 2 is 1.86 bits per heavy atom. The Hall–Kier alpha value is -1.43. The molecule has 1 aliphatic rings. The maximum atomic E-state index is 11.6. The normalized spacial score (nSPS) is 15.8. The van der Waals surface area contributed by atoms with E-state index in [0.717, 1.165) is 38.4 Å². The summed E-state index contributed by atoms with van der Waals surface area (Å²) in [5, 5.41) is 0. The number of morpholine rings is 1. The van der Waals surface area contributed by atoms with Crippen LogP contribution < -0.4 is 0 Å².